The molecule has 0 bridgehead atoms. The van der Waals surface area contributed by atoms with Gasteiger partial charge in [0, 0.05) is 5.75 Å². The average Bonchev–Trinajstić information content (AvgIpc) is 2.35. The van der Waals surface area contributed by atoms with Crippen molar-refractivity contribution >= 4 is 0 Å². The molecule has 0 saturated heterocycles. The molecule has 0 amide bonds. The van der Waals surface area contributed by atoms with Gasteiger partial charge in [0.2, 0.25) is 0 Å². The minimum absolute atomic E-state index is 0. The van der Waals surface area contributed by atoms with E-state index in [4.69, 9.17) is 4.74 Å². The summed E-state index contributed by atoms with van der Waals surface area (Å²) in [4.78, 5) is 0. The molecule has 0 aliphatic heterocycles. The molecule has 96 valence electrons. The summed E-state index contributed by atoms with van der Waals surface area (Å²) in [5.74, 6) is 0.837. The Labute approximate surface area is 124 Å². The topological polar surface area (TPSA) is 9.23 Å². The van der Waals surface area contributed by atoms with Crippen molar-refractivity contribution in [2.24, 2.45) is 0 Å². The summed E-state index contributed by atoms with van der Waals surface area (Å²) in [6, 6.07) is 9.31. The molecule has 0 aliphatic carbocycles. The first kappa shape index (κ1) is 17.6. The van der Waals surface area contributed by atoms with Crippen LogP contribution in [0.15, 0.2) is 18.2 Å². The van der Waals surface area contributed by atoms with E-state index < -0.39 is 0 Å². The predicted molar refractivity (Wildman–Crippen MR) is 73.6 cm³/mol. The van der Waals surface area contributed by atoms with Gasteiger partial charge in [-0.2, -0.15) is 12.1 Å². The van der Waals surface area contributed by atoms with Gasteiger partial charge in [0.25, 0.3) is 0 Å². The second-order valence-corrected chi connectivity index (χ2v) is 5.34. The van der Waals surface area contributed by atoms with Gasteiger partial charge in [0.05, 0.1) is 7.11 Å². The van der Waals surface area contributed by atoms with Crippen molar-refractivity contribution in [3.63, 3.8) is 0 Å². The van der Waals surface area contributed by atoms with E-state index in [0.29, 0.717) is 0 Å². The molecular weight excluding hydrogens is 215 g/mol. The predicted octanol–water partition coefficient (Wildman–Crippen LogP) is 1.75. The summed E-state index contributed by atoms with van der Waals surface area (Å²) < 4.78 is 5.24. The van der Waals surface area contributed by atoms with Crippen molar-refractivity contribution in [2.75, 3.05) is 7.11 Å². The van der Waals surface area contributed by atoms with Gasteiger partial charge in [-0.05, 0) is 11.8 Å². The molecule has 1 nitrogen and oxygen atoms in total. The van der Waals surface area contributed by atoms with Gasteiger partial charge in [-0.3, -0.25) is 0 Å². The molecule has 0 atom stereocenters. The maximum atomic E-state index is 5.24. The monoisotopic (exact) mass is 240 g/mol. The molecular formula is C16H25LiO. The van der Waals surface area contributed by atoms with E-state index >= 15 is 0 Å². The molecule has 0 fully saturated rings. The standard InChI is InChI=1S/C16H25O.Li/c1-5-6-7-8-12-16(2,3)14-10-9-11-15(13-14)17-4;/h9-10,13H,5-8,12H2,1-4H3;/q-1;+1. The van der Waals surface area contributed by atoms with Gasteiger partial charge in [-0.15, -0.1) is 17.7 Å². The van der Waals surface area contributed by atoms with Crippen molar-refractivity contribution in [1.29, 1.82) is 0 Å². The summed E-state index contributed by atoms with van der Waals surface area (Å²) in [7, 11) is 1.70. The zero-order valence-electron chi connectivity index (χ0n) is 12.7. The van der Waals surface area contributed by atoms with Gasteiger partial charge >= 0.3 is 18.9 Å². The fraction of sp³-hybridized carbons (Fsp3) is 0.625. The minimum Gasteiger partial charge on any atom is -0.523 e. The summed E-state index contributed by atoms with van der Waals surface area (Å²) in [6.45, 7) is 6.88. The third-order valence-electron chi connectivity index (χ3n) is 3.43. The van der Waals surface area contributed by atoms with E-state index in [2.05, 4.69) is 39.0 Å². The van der Waals surface area contributed by atoms with E-state index in [1.165, 1.54) is 37.7 Å². The van der Waals surface area contributed by atoms with Crippen LogP contribution < -0.4 is 23.6 Å². The quantitative estimate of drug-likeness (QED) is 0.401. The smallest absolute Gasteiger partial charge is 0.523 e. The Balaban J connectivity index is 0.00000289. The summed E-state index contributed by atoms with van der Waals surface area (Å²) in [6.07, 6.45) is 6.54. The number of hydrogen-bond donors (Lipinski definition) is 0. The van der Waals surface area contributed by atoms with E-state index in [9.17, 15) is 0 Å². The Kier molecular flexibility index (Phi) is 8.49. The van der Waals surface area contributed by atoms with Crippen LogP contribution in [0.5, 0.6) is 5.75 Å². The van der Waals surface area contributed by atoms with E-state index in [-0.39, 0.29) is 24.3 Å². The third kappa shape index (κ3) is 5.51. The molecule has 0 aliphatic rings. The first-order chi connectivity index (χ1) is 8.10. The van der Waals surface area contributed by atoms with Gasteiger partial charge in [-0.25, -0.2) is 0 Å². The molecule has 0 aromatic heterocycles. The van der Waals surface area contributed by atoms with E-state index in [1.54, 1.807) is 7.11 Å². The van der Waals surface area contributed by atoms with Gasteiger partial charge in [0.15, 0.2) is 0 Å². The summed E-state index contributed by atoms with van der Waals surface area (Å²) in [5, 5.41) is 0. The second kappa shape index (κ2) is 8.67. The van der Waals surface area contributed by atoms with Crippen molar-refractivity contribution < 1.29 is 23.6 Å². The molecule has 0 radical (unpaired) electrons. The van der Waals surface area contributed by atoms with Crippen LogP contribution in [0.2, 0.25) is 0 Å². The van der Waals surface area contributed by atoms with Crippen molar-refractivity contribution in [2.45, 2.75) is 58.3 Å². The average molecular weight is 240 g/mol. The maximum absolute atomic E-state index is 5.24. The van der Waals surface area contributed by atoms with Gasteiger partial charge in [-0.1, -0.05) is 46.5 Å². The first-order valence-corrected chi connectivity index (χ1v) is 6.66. The van der Waals surface area contributed by atoms with Crippen LogP contribution in [-0.4, -0.2) is 7.11 Å². The second-order valence-electron chi connectivity index (χ2n) is 5.34. The molecule has 18 heavy (non-hydrogen) atoms. The van der Waals surface area contributed by atoms with Crippen molar-refractivity contribution in [1.82, 2.24) is 0 Å². The van der Waals surface area contributed by atoms with Crippen LogP contribution in [0.4, 0.5) is 0 Å². The van der Waals surface area contributed by atoms with Crippen LogP contribution >= 0.6 is 0 Å². The Morgan fingerprint density at radius 2 is 1.94 bits per heavy atom. The van der Waals surface area contributed by atoms with Crippen LogP contribution in [0.3, 0.4) is 0 Å². The fourth-order valence-electron chi connectivity index (χ4n) is 2.12. The number of ether oxygens (including phenoxy) is 1. The Morgan fingerprint density at radius 1 is 1.22 bits per heavy atom. The van der Waals surface area contributed by atoms with Crippen LogP contribution in [0.25, 0.3) is 0 Å². The number of hydrogen-bond acceptors (Lipinski definition) is 1. The zero-order chi connectivity index (χ0) is 12.7. The molecule has 0 saturated carbocycles. The maximum Gasteiger partial charge on any atom is 1.00 e. The first-order valence-electron chi connectivity index (χ1n) is 6.66. The van der Waals surface area contributed by atoms with E-state index in [0.717, 1.165) is 5.75 Å². The summed E-state index contributed by atoms with van der Waals surface area (Å²) in [5.41, 5.74) is 1.58. The van der Waals surface area contributed by atoms with Crippen LogP contribution in [0, 0.1) is 6.07 Å². The normalized spacial score (nSPS) is 10.9. The van der Waals surface area contributed by atoms with Crippen molar-refractivity contribution in [3.8, 4) is 5.75 Å². The largest absolute Gasteiger partial charge is 1.00 e. The van der Waals surface area contributed by atoms with Gasteiger partial charge < -0.3 is 4.74 Å². The number of unbranched alkanes of at least 4 members (excludes halogenated alkanes) is 3. The minimum atomic E-state index is 0. The molecule has 1 aromatic rings. The molecule has 1 aromatic carbocycles. The van der Waals surface area contributed by atoms with E-state index in [1.807, 2.05) is 6.07 Å². The third-order valence-corrected chi connectivity index (χ3v) is 3.43. The summed E-state index contributed by atoms with van der Waals surface area (Å²) >= 11 is 0. The molecule has 0 unspecified atom stereocenters. The van der Waals surface area contributed by atoms with Crippen LogP contribution in [-0.2, 0) is 5.41 Å². The molecule has 0 spiro atoms. The molecule has 1 rings (SSSR count). The number of benzene rings is 1. The van der Waals surface area contributed by atoms with Gasteiger partial charge in [0.1, 0.15) is 0 Å². The zero-order valence-corrected chi connectivity index (χ0v) is 12.7. The SMILES string of the molecule is CCCCCCC(C)(C)c1cc[c-]c(OC)c1.[Li+]. The Morgan fingerprint density at radius 3 is 2.56 bits per heavy atom. The number of methoxy groups -OCH3 is 1. The Bertz CT molecular complexity index is 334. The van der Waals surface area contributed by atoms with Crippen LogP contribution in [0.1, 0.15) is 58.4 Å². The molecule has 0 heterocycles. The molecule has 2 heteroatoms. The fourth-order valence-corrected chi connectivity index (χ4v) is 2.12. The molecule has 0 N–H and O–H groups in total. The number of rotatable bonds is 7. The van der Waals surface area contributed by atoms with Crippen molar-refractivity contribution in [3.05, 3.63) is 29.8 Å². The Hall–Kier alpha value is -0.383.